The van der Waals surface area contributed by atoms with E-state index in [-0.39, 0.29) is 0 Å². The van der Waals surface area contributed by atoms with Gasteiger partial charge in [0, 0.05) is 0 Å². The first-order valence-corrected chi connectivity index (χ1v) is 12.6. The zero-order valence-electron chi connectivity index (χ0n) is 17.0. The van der Waals surface area contributed by atoms with Gasteiger partial charge in [-0.2, -0.15) is 0 Å². The average Bonchev–Trinajstić information content (AvgIpc) is 2.60. The van der Waals surface area contributed by atoms with Gasteiger partial charge in [-0.05, 0) is 0 Å². The van der Waals surface area contributed by atoms with Crippen LogP contribution in [0.15, 0.2) is 18.2 Å². The molecule has 0 fully saturated rings. The molecule has 1 aromatic carbocycles. The Morgan fingerprint density at radius 1 is 0.654 bits per heavy atom. The molecule has 0 unspecified atom stereocenters. The van der Waals surface area contributed by atoms with Gasteiger partial charge in [0.2, 0.25) is 0 Å². The molecule has 152 valence electrons. The van der Waals surface area contributed by atoms with Gasteiger partial charge < -0.3 is 0 Å². The number of unbranched alkanes of at least 4 members (excludes halogenated alkanes) is 10. The van der Waals surface area contributed by atoms with Crippen molar-refractivity contribution in [3.8, 4) is 0 Å². The first-order chi connectivity index (χ1) is 12.5. The molecule has 0 bridgehead atoms. The van der Waals surface area contributed by atoms with Crippen molar-refractivity contribution in [3.05, 3.63) is 29.3 Å². The SMILES string of the molecule is CCCCCCCCc1cccc([PH](O)(O)O)c1CCCCCCCC. The van der Waals surface area contributed by atoms with E-state index >= 15 is 0 Å². The second kappa shape index (κ2) is 13.7. The second-order valence-corrected chi connectivity index (χ2v) is 9.42. The van der Waals surface area contributed by atoms with E-state index in [1.165, 1.54) is 69.8 Å². The zero-order chi connectivity index (χ0) is 19.3. The first kappa shape index (κ1) is 23.6. The molecule has 0 amide bonds. The van der Waals surface area contributed by atoms with Gasteiger partial charge in [0.05, 0.1) is 0 Å². The fraction of sp³-hybridized carbons (Fsp3) is 0.727. The van der Waals surface area contributed by atoms with Crippen LogP contribution in [-0.4, -0.2) is 14.7 Å². The Hall–Kier alpha value is -0.470. The summed E-state index contributed by atoms with van der Waals surface area (Å²) in [7, 11) is -4.26. The molecule has 26 heavy (non-hydrogen) atoms. The Labute approximate surface area is 161 Å². The molecule has 4 heteroatoms. The Morgan fingerprint density at radius 3 is 1.69 bits per heavy atom. The van der Waals surface area contributed by atoms with E-state index < -0.39 is 7.94 Å². The van der Waals surface area contributed by atoms with E-state index in [1.807, 2.05) is 6.07 Å². The third kappa shape index (κ3) is 9.46. The summed E-state index contributed by atoms with van der Waals surface area (Å²) < 4.78 is 0. The molecule has 3 N–H and O–H groups in total. The standard InChI is InChI=1S/C22H41O3P/c1-3-5-7-9-11-13-16-20-17-15-19-22(26(23,24)25)21(20)18-14-12-10-8-6-4-2/h15,17,19,23-26H,3-14,16,18H2,1-2H3. The van der Waals surface area contributed by atoms with E-state index in [1.54, 1.807) is 6.07 Å². The Kier molecular flexibility index (Phi) is 12.4. The van der Waals surface area contributed by atoms with E-state index in [2.05, 4.69) is 19.9 Å². The van der Waals surface area contributed by atoms with Crippen molar-refractivity contribution in [2.24, 2.45) is 0 Å². The van der Waals surface area contributed by atoms with Gasteiger partial charge in [-0.15, -0.1) is 0 Å². The molecule has 0 aliphatic heterocycles. The number of benzene rings is 1. The third-order valence-corrected chi connectivity index (χ3v) is 6.41. The molecule has 0 saturated heterocycles. The first-order valence-electron chi connectivity index (χ1n) is 10.8. The summed E-state index contributed by atoms with van der Waals surface area (Å²) in [5.74, 6) is 0. The fourth-order valence-electron chi connectivity index (χ4n) is 3.66. The Bertz CT molecular complexity index is 483. The summed E-state index contributed by atoms with van der Waals surface area (Å²) in [6.07, 6.45) is 16.6. The van der Waals surface area contributed by atoms with Crippen LogP contribution < -0.4 is 5.30 Å². The fourth-order valence-corrected chi connectivity index (χ4v) is 4.67. The minimum atomic E-state index is -4.26. The van der Waals surface area contributed by atoms with Crippen molar-refractivity contribution in [2.45, 2.75) is 104 Å². The molecule has 1 aromatic rings. The van der Waals surface area contributed by atoms with Crippen molar-refractivity contribution in [1.29, 1.82) is 0 Å². The van der Waals surface area contributed by atoms with E-state index in [9.17, 15) is 14.7 Å². The van der Waals surface area contributed by atoms with Crippen molar-refractivity contribution in [2.75, 3.05) is 0 Å². The van der Waals surface area contributed by atoms with Gasteiger partial charge >= 0.3 is 161 Å². The van der Waals surface area contributed by atoms with Gasteiger partial charge in [0.15, 0.2) is 0 Å². The summed E-state index contributed by atoms with van der Waals surface area (Å²) in [6, 6.07) is 5.66. The van der Waals surface area contributed by atoms with Crippen LogP contribution in [0.5, 0.6) is 0 Å². The van der Waals surface area contributed by atoms with Gasteiger partial charge in [0.25, 0.3) is 0 Å². The molecular weight excluding hydrogens is 343 g/mol. The van der Waals surface area contributed by atoms with Crippen LogP contribution in [-0.2, 0) is 12.8 Å². The van der Waals surface area contributed by atoms with Crippen LogP contribution in [0.2, 0.25) is 0 Å². The number of hydrogen-bond donors (Lipinski definition) is 3. The van der Waals surface area contributed by atoms with Crippen molar-refractivity contribution >= 4 is 13.2 Å². The Morgan fingerprint density at radius 2 is 1.15 bits per heavy atom. The predicted molar refractivity (Wildman–Crippen MR) is 115 cm³/mol. The quantitative estimate of drug-likeness (QED) is 0.273. The molecule has 0 aliphatic rings. The van der Waals surface area contributed by atoms with E-state index in [0.29, 0.717) is 5.30 Å². The molecule has 0 radical (unpaired) electrons. The number of rotatable bonds is 15. The molecule has 0 heterocycles. The Balaban J connectivity index is 2.63. The third-order valence-electron chi connectivity index (χ3n) is 5.21. The number of hydrogen-bond acceptors (Lipinski definition) is 3. The van der Waals surface area contributed by atoms with Gasteiger partial charge in [-0.1, -0.05) is 0 Å². The molecular formula is C22H41O3P. The van der Waals surface area contributed by atoms with Gasteiger partial charge in [-0.25, -0.2) is 0 Å². The van der Waals surface area contributed by atoms with Crippen LogP contribution in [0, 0.1) is 0 Å². The maximum absolute atomic E-state index is 9.89. The van der Waals surface area contributed by atoms with Crippen LogP contribution in [0.25, 0.3) is 0 Å². The normalized spacial score (nSPS) is 12.5. The average molecular weight is 385 g/mol. The van der Waals surface area contributed by atoms with Crippen LogP contribution >= 0.6 is 7.94 Å². The maximum atomic E-state index is 9.89. The molecule has 0 spiro atoms. The van der Waals surface area contributed by atoms with Crippen LogP contribution in [0.3, 0.4) is 0 Å². The summed E-state index contributed by atoms with van der Waals surface area (Å²) in [5.41, 5.74) is 2.19. The molecule has 3 nitrogen and oxygen atoms in total. The molecule has 0 saturated carbocycles. The monoisotopic (exact) mass is 384 g/mol. The van der Waals surface area contributed by atoms with Gasteiger partial charge in [0.1, 0.15) is 0 Å². The van der Waals surface area contributed by atoms with Crippen molar-refractivity contribution in [1.82, 2.24) is 0 Å². The summed E-state index contributed by atoms with van der Waals surface area (Å²) in [4.78, 5) is 29.7. The predicted octanol–water partition coefficient (Wildman–Crippen LogP) is 5.59. The minimum absolute atomic E-state index is 0.398. The molecule has 0 atom stereocenters. The molecule has 0 aliphatic carbocycles. The summed E-state index contributed by atoms with van der Waals surface area (Å²) in [5, 5.41) is 0.398. The number of aryl methyl sites for hydroxylation is 1. The summed E-state index contributed by atoms with van der Waals surface area (Å²) >= 11 is 0. The van der Waals surface area contributed by atoms with Crippen LogP contribution in [0.1, 0.15) is 102 Å². The van der Waals surface area contributed by atoms with E-state index in [4.69, 9.17) is 0 Å². The van der Waals surface area contributed by atoms with Gasteiger partial charge in [-0.3, -0.25) is 0 Å². The molecule has 1 rings (SSSR count). The second-order valence-electron chi connectivity index (χ2n) is 7.61. The summed E-state index contributed by atoms with van der Waals surface area (Å²) in [6.45, 7) is 4.45. The van der Waals surface area contributed by atoms with E-state index in [0.717, 1.165) is 31.2 Å². The van der Waals surface area contributed by atoms with Crippen molar-refractivity contribution < 1.29 is 14.7 Å². The topological polar surface area (TPSA) is 60.7 Å². The van der Waals surface area contributed by atoms with Crippen LogP contribution in [0.4, 0.5) is 0 Å². The van der Waals surface area contributed by atoms with Crippen molar-refractivity contribution in [3.63, 3.8) is 0 Å². The molecule has 0 aromatic heterocycles. The zero-order valence-corrected chi connectivity index (χ0v) is 18.0.